The maximum atomic E-state index is 12.9. The number of hydrogen-bond donors (Lipinski definition) is 2. The number of carbonyl (C=O) groups excluding carboxylic acids is 1. The molecule has 2 N–H and O–H groups in total. The third-order valence-electron chi connectivity index (χ3n) is 4.36. The number of amides is 1. The van der Waals surface area contributed by atoms with Gasteiger partial charge in [-0.1, -0.05) is 56.3 Å². The second-order valence-electron chi connectivity index (χ2n) is 7.99. The highest BCUT2D eigenvalue weighted by Gasteiger charge is 2.21. The molecule has 0 fully saturated rings. The third-order valence-corrected chi connectivity index (χ3v) is 4.36. The molecule has 0 aliphatic heterocycles. The fraction of sp³-hybridized carbons (Fsp3) is 0.458. The van der Waals surface area contributed by atoms with Crippen LogP contribution in [-0.2, 0) is 17.6 Å². The van der Waals surface area contributed by atoms with E-state index in [1.165, 1.54) is 5.56 Å². The summed E-state index contributed by atoms with van der Waals surface area (Å²) in [5, 5.41) is 6.56. The molecule has 0 unspecified atom stereocenters. The van der Waals surface area contributed by atoms with E-state index >= 15 is 0 Å². The van der Waals surface area contributed by atoms with Crippen LogP contribution in [0.2, 0.25) is 0 Å². The summed E-state index contributed by atoms with van der Waals surface area (Å²) in [5.74, 6) is 0.921. The summed E-state index contributed by atoms with van der Waals surface area (Å²) < 4.78 is 5.69. The summed E-state index contributed by atoms with van der Waals surface area (Å²) in [4.78, 5) is 12.9. The molecule has 1 amide bonds. The molecule has 0 aliphatic rings. The highest BCUT2D eigenvalue weighted by molar-refractivity contribution is 5.82. The van der Waals surface area contributed by atoms with Crippen molar-refractivity contribution in [3.63, 3.8) is 0 Å². The van der Waals surface area contributed by atoms with Gasteiger partial charge >= 0.3 is 0 Å². The van der Waals surface area contributed by atoms with Crippen LogP contribution in [0.25, 0.3) is 0 Å². The lowest BCUT2D eigenvalue weighted by atomic mass is 10.0. The van der Waals surface area contributed by atoms with Crippen LogP contribution in [0.3, 0.4) is 0 Å². The van der Waals surface area contributed by atoms with Crippen LogP contribution in [0.1, 0.15) is 45.7 Å². The quantitative estimate of drug-likeness (QED) is 0.650. The average Bonchev–Trinajstić information content (AvgIpc) is 2.63. The van der Waals surface area contributed by atoms with Crippen molar-refractivity contribution in [1.82, 2.24) is 10.6 Å². The van der Waals surface area contributed by atoms with Crippen molar-refractivity contribution in [3.05, 3.63) is 65.7 Å². The maximum Gasteiger partial charge on any atom is 0.237 e. The second kappa shape index (κ2) is 10.9. The molecular formula is C24H34N2O2. The van der Waals surface area contributed by atoms with Gasteiger partial charge in [0.15, 0.2) is 0 Å². The predicted octanol–water partition coefficient (Wildman–Crippen LogP) is 4.13. The van der Waals surface area contributed by atoms with Gasteiger partial charge in [0.25, 0.3) is 0 Å². The van der Waals surface area contributed by atoms with Gasteiger partial charge in [0, 0.05) is 12.1 Å². The minimum Gasteiger partial charge on any atom is -0.491 e. The van der Waals surface area contributed by atoms with Crippen molar-refractivity contribution in [2.45, 2.75) is 71.7 Å². The normalized spacial score (nSPS) is 13.4. The first-order valence-electron chi connectivity index (χ1n) is 10.2. The number of nitrogens with one attached hydrogen (secondary N) is 2. The van der Waals surface area contributed by atoms with Crippen LogP contribution in [0.4, 0.5) is 0 Å². The number of benzene rings is 2. The Balaban J connectivity index is 1.93. The Kier molecular flexibility index (Phi) is 8.52. The van der Waals surface area contributed by atoms with Crippen LogP contribution in [0, 0.1) is 0 Å². The molecule has 0 aliphatic carbocycles. The Hall–Kier alpha value is -2.33. The van der Waals surface area contributed by atoms with E-state index in [2.05, 4.69) is 48.7 Å². The number of rotatable bonds is 10. The van der Waals surface area contributed by atoms with Crippen LogP contribution in [0.15, 0.2) is 54.6 Å². The van der Waals surface area contributed by atoms with Crippen LogP contribution in [0.5, 0.6) is 5.75 Å². The lowest BCUT2D eigenvalue weighted by molar-refractivity contribution is -0.123. The summed E-state index contributed by atoms with van der Waals surface area (Å²) in [5.41, 5.74) is 2.34. The molecular weight excluding hydrogens is 348 g/mol. The molecule has 4 nitrogen and oxygen atoms in total. The van der Waals surface area contributed by atoms with Gasteiger partial charge < -0.3 is 15.4 Å². The van der Waals surface area contributed by atoms with E-state index in [0.717, 1.165) is 17.7 Å². The summed E-state index contributed by atoms with van der Waals surface area (Å²) in [6, 6.07) is 18.3. The molecule has 152 valence electrons. The minimum absolute atomic E-state index is 0.0461. The van der Waals surface area contributed by atoms with Crippen LogP contribution >= 0.6 is 0 Å². The first-order valence-corrected chi connectivity index (χ1v) is 10.2. The standard InChI is InChI=1S/C24H34N2O2/c1-17(2)25-23(16-20-9-7-6-8-10-20)24(27)26-19(5)15-21-11-13-22(14-12-21)28-18(3)4/h6-14,17-19,23,25H,15-16H2,1-5H3,(H,26,27)/t19-,23+/m1/s1. The van der Waals surface area contributed by atoms with Gasteiger partial charge in [0.1, 0.15) is 5.75 Å². The van der Waals surface area contributed by atoms with Gasteiger partial charge in [-0.2, -0.15) is 0 Å². The van der Waals surface area contributed by atoms with E-state index in [0.29, 0.717) is 6.42 Å². The van der Waals surface area contributed by atoms with Crippen molar-refractivity contribution in [2.75, 3.05) is 0 Å². The molecule has 2 aromatic rings. The molecule has 0 saturated heterocycles. The minimum atomic E-state index is -0.244. The van der Waals surface area contributed by atoms with Crippen molar-refractivity contribution < 1.29 is 9.53 Å². The Labute approximate surface area is 169 Å². The van der Waals surface area contributed by atoms with Crippen molar-refractivity contribution in [3.8, 4) is 5.75 Å². The topological polar surface area (TPSA) is 50.4 Å². The number of ether oxygens (including phenoxy) is 1. The summed E-state index contributed by atoms with van der Waals surface area (Å²) >= 11 is 0. The van der Waals surface area contributed by atoms with E-state index < -0.39 is 0 Å². The predicted molar refractivity (Wildman–Crippen MR) is 116 cm³/mol. The molecule has 4 heteroatoms. The summed E-state index contributed by atoms with van der Waals surface area (Å²) in [6.45, 7) is 10.2. The Morgan fingerprint density at radius 2 is 1.46 bits per heavy atom. The smallest absolute Gasteiger partial charge is 0.237 e. The molecule has 2 aromatic carbocycles. The third kappa shape index (κ3) is 7.73. The molecule has 0 radical (unpaired) electrons. The van der Waals surface area contributed by atoms with Crippen molar-refractivity contribution in [2.24, 2.45) is 0 Å². The number of hydrogen-bond acceptors (Lipinski definition) is 3. The second-order valence-corrected chi connectivity index (χ2v) is 7.99. The monoisotopic (exact) mass is 382 g/mol. The van der Waals surface area contributed by atoms with E-state index in [4.69, 9.17) is 4.74 Å². The van der Waals surface area contributed by atoms with Gasteiger partial charge in [-0.25, -0.2) is 0 Å². The molecule has 0 saturated carbocycles. The van der Waals surface area contributed by atoms with Crippen LogP contribution < -0.4 is 15.4 Å². The lowest BCUT2D eigenvalue weighted by Crippen LogP contribution is -2.50. The van der Waals surface area contributed by atoms with Gasteiger partial charge in [-0.05, 0) is 56.9 Å². The maximum absolute atomic E-state index is 12.9. The Morgan fingerprint density at radius 3 is 2.04 bits per heavy atom. The van der Waals surface area contributed by atoms with E-state index in [1.54, 1.807) is 0 Å². The van der Waals surface area contributed by atoms with Crippen molar-refractivity contribution >= 4 is 5.91 Å². The molecule has 0 spiro atoms. The van der Waals surface area contributed by atoms with Crippen LogP contribution in [-0.4, -0.2) is 30.1 Å². The molecule has 2 atom stereocenters. The Morgan fingerprint density at radius 1 is 0.857 bits per heavy atom. The van der Waals surface area contributed by atoms with Gasteiger partial charge in [0.05, 0.1) is 12.1 Å². The summed E-state index contributed by atoms with van der Waals surface area (Å²) in [6.07, 6.45) is 1.63. The molecule has 0 bridgehead atoms. The molecule has 0 aromatic heterocycles. The lowest BCUT2D eigenvalue weighted by Gasteiger charge is -2.23. The van der Waals surface area contributed by atoms with E-state index in [1.807, 2.05) is 51.1 Å². The Bertz CT molecular complexity index is 711. The zero-order valence-corrected chi connectivity index (χ0v) is 17.7. The zero-order chi connectivity index (χ0) is 20.5. The average molecular weight is 383 g/mol. The first kappa shape index (κ1) is 22.0. The molecule has 2 rings (SSSR count). The molecule has 0 heterocycles. The van der Waals surface area contributed by atoms with E-state index in [-0.39, 0.29) is 30.1 Å². The SMILES string of the molecule is CC(C)N[C@@H](Cc1ccccc1)C(=O)N[C@H](C)Cc1ccc(OC(C)C)cc1. The largest absolute Gasteiger partial charge is 0.491 e. The highest BCUT2D eigenvalue weighted by Crippen LogP contribution is 2.15. The van der Waals surface area contributed by atoms with Gasteiger partial charge in [0.2, 0.25) is 5.91 Å². The van der Waals surface area contributed by atoms with E-state index in [9.17, 15) is 4.79 Å². The first-order chi connectivity index (χ1) is 13.3. The fourth-order valence-corrected chi connectivity index (χ4v) is 3.20. The van der Waals surface area contributed by atoms with Crippen molar-refractivity contribution in [1.29, 1.82) is 0 Å². The zero-order valence-electron chi connectivity index (χ0n) is 17.7. The van der Waals surface area contributed by atoms with Gasteiger partial charge in [-0.15, -0.1) is 0 Å². The highest BCUT2D eigenvalue weighted by atomic mass is 16.5. The molecule has 28 heavy (non-hydrogen) atoms. The fourth-order valence-electron chi connectivity index (χ4n) is 3.20. The number of carbonyl (C=O) groups is 1. The summed E-state index contributed by atoms with van der Waals surface area (Å²) in [7, 11) is 0. The van der Waals surface area contributed by atoms with Gasteiger partial charge in [-0.3, -0.25) is 4.79 Å².